The van der Waals surface area contributed by atoms with Crippen molar-refractivity contribution in [1.29, 1.82) is 0 Å². The number of nitrogens with one attached hydrogen (secondary N) is 1. The number of furan rings is 1. The highest BCUT2D eigenvalue weighted by molar-refractivity contribution is 5.46. The van der Waals surface area contributed by atoms with Gasteiger partial charge in [-0.05, 0) is 30.3 Å². The van der Waals surface area contributed by atoms with Crippen molar-refractivity contribution in [3.63, 3.8) is 0 Å². The van der Waals surface area contributed by atoms with E-state index in [1.807, 2.05) is 24.5 Å². The molecular formula is C15H18FN2O+. The van der Waals surface area contributed by atoms with Crippen LogP contribution in [-0.2, 0) is 6.54 Å². The monoisotopic (exact) mass is 261 g/mol. The topological polar surface area (TPSA) is 20.8 Å². The summed E-state index contributed by atoms with van der Waals surface area (Å²) in [5.74, 6) is -0.173. The zero-order chi connectivity index (χ0) is 13.1. The maximum absolute atomic E-state index is 12.9. The normalized spacial score (nSPS) is 16.8. The van der Waals surface area contributed by atoms with E-state index in [2.05, 4.69) is 4.90 Å². The van der Waals surface area contributed by atoms with Crippen molar-refractivity contribution >= 4 is 5.69 Å². The molecule has 1 saturated heterocycles. The molecular weight excluding hydrogens is 243 g/mol. The number of hydrogen-bond donors (Lipinski definition) is 1. The molecule has 1 aromatic carbocycles. The summed E-state index contributed by atoms with van der Waals surface area (Å²) in [5.41, 5.74) is 2.37. The second-order valence-corrected chi connectivity index (χ2v) is 5.02. The number of rotatable bonds is 3. The SMILES string of the molecule is Fc1ccc(N2CC[NH+](Cc3ccoc3)CC2)cc1. The largest absolute Gasteiger partial charge is 0.472 e. The lowest BCUT2D eigenvalue weighted by atomic mass is 10.2. The van der Waals surface area contributed by atoms with Gasteiger partial charge in [-0.1, -0.05) is 0 Å². The smallest absolute Gasteiger partial charge is 0.123 e. The fourth-order valence-electron chi connectivity index (χ4n) is 2.59. The highest BCUT2D eigenvalue weighted by atomic mass is 19.1. The molecule has 2 heterocycles. The van der Waals surface area contributed by atoms with Gasteiger partial charge in [-0.15, -0.1) is 0 Å². The Morgan fingerprint density at radius 3 is 2.47 bits per heavy atom. The molecule has 100 valence electrons. The van der Waals surface area contributed by atoms with Crippen molar-refractivity contribution in [2.45, 2.75) is 6.54 Å². The first-order valence-electron chi connectivity index (χ1n) is 6.66. The molecule has 0 atom stereocenters. The van der Waals surface area contributed by atoms with Crippen LogP contribution in [-0.4, -0.2) is 26.2 Å². The van der Waals surface area contributed by atoms with Crippen LogP contribution in [0.3, 0.4) is 0 Å². The Labute approximate surface area is 112 Å². The maximum atomic E-state index is 12.9. The van der Waals surface area contributed by atoms with Crippen LogP contribution in [0.1, 0.15) is 5.56 Å². The zero-order valence-corrected chi connectivity index (χ0v) is 10.8. The van der Waals surface area contributed by atoms with Crippen LogP contribution in [0, 0.1) is 5.82 Å². The van der Waals surface area contributed by atoms with Crippen molar-refractivity contribution in [1.82, 2.24) is 0 Å². The number of halogens is 1. The molecule has 1 fully saturated rings. The van der Waals surface area contributed by atoms with Crippen molar-refractivity contribution in [2.24, 2.45) is 0 Å². The lowest BCUT2D eigenvalue weighted by Gasteiger charge is -2.33. The molecule has 1 aliphatic heterocycles. The minimum atomic E-state index is -0.173. The summed E-state index contributed by atoms with van der Waals surface area (Å²) in [7, 11) is 0. The summed E-state index contributed by atoms with van der Waals surface area (Å²) in [5, 5.41) is 0. The molecule has 2 aromatic rings. The predicted octanol–water partition coefficient (Wildman–Crippen LogP) is 1.32. The Morgan fingerprint density at radius 1 is 1.11 bits per heavy atom. The molecule has 0 bridgehead atoms. The first kappa shape index (κ1) is 12.2. The molecule has 1 aromatic heterocycles. The Morgan fingerprint density at radius 2 is 1.84 bits per heavy atom. The van der Waals surface area contributed by atoms with Crippen molar-refractivity contribution in [3.05, 3.63) is 54.2 Å². The van der Waals surface area contributed by atoms with Crippen LogP contribution in [0.2, 0.25) is 0 Å². The van der Waals surface area contributed by atoms with Gasteiger partial charge < -0.3 is 14.2 Å². The van der Waals surface area contributed by atoms with Gasteiger partial charge in [0.05, 0.1) is 38.7 Å². The lowest BCUT2D eigenvalue weighted by molar-refractivity contribution is -0.914. The van der Waals surface area contributed by atoms with Crippen LogP contribution in [0.5, 0.6) is 0 Å². The molecule has 0 radical (unpaired) electrons. The molecule has 3 nitrogen and oxygen atoms in total. The number of piperazine rings is 1. The molecule has 0 aliphatic carbocycles. The maximum Gasteiger partial charge on any atom is 0.123 e. The highest BCUT2D eigenvalue weighted by Gasteiger charge is 2.20. The van der Waals surface area contributed by atoms with Crippen LogP contribution in [0.25, 0.3) is 0 Å². The van der Waals surface area contributed by atoms with Gasteiger partial charge in [0, 0.05) is 11.3 Å². The molecule has 0 unspecified atom stereocenters. The predicted molar refractivity (Wildman–Crippen MR) is 71.7 cm³/mol. The van der Waals surface area contributed by atoms with Crippen molar-refractivity contribution in [3.8, 4) is 0 Å². The number of hydrogen-bond acceptors (Lipinski definition) is 2. The van der Waals surface area contributed by atoms with Crippen molar-refractivity contribution in [2.75, 3.05) is 31.1 Å². The standard InChI is InChI=1S/C15H17FN2O/c16-14-1-3-15(4-2-14)18-8-6-17(7-9-18)11-13-5-10-19-12-13/h1-5,10,12H,6-9,11H2/p+1. The number of quaternary nitrogens is 1. The fraction of sp³-hybridized carbons (Fsp3) is 0.333. The first-order chi connectivity index (χ1) is 9.31. The molecule has 3 rings (SSSR count). The summed E-state index contributed by atoms with van der Waals surface area (Å²) < 4.78 is 18.0. The molecule has 0 amide bonds. The number of benzene rings is 1. The zero-order valence-electron chi connectivity index (χ0n) is 10.8. The Balaban J connectivity index is 1.56. The third kappa shape index (κ3) is 2.96. The Bertz CT molecular complexity index is 501. The highest BCUT2D eigenvalue weighted by Crippen LogP contribution is 2.14. The average molecular weight is 261 g/mol. The summed E-state index contributed by atoms with van der Waals surface area (Å²) in [6.45, 7) is 5.25. The molecule has 0 spiro atoms. The fourth-order valence-corrected chi connectivity index (χ4v) is 2.59. The van der Waals surface area contributed by atoms with Gasteiger partial charge in [-0.2, -0.15) is 0 Å². The van der Waals surface area contributed by atoms with Crippen LogP contribution < -0.4 is 9.80 Å². The minimum absolute atomic E-state index is 0.173. The van der Waals surface area contributed by atoms with E-state index >= 15 is 0 Å². The van der Waals surface area contributed by atoms with Gasteiger partial charge in [0.15, 0.2) is 0 Å². The molecule has 19 heavy (non-hydrogen) atoms. The Kier molecular flexibility index (Phi) is 3.51. The second-order valence-electron chi connectivity index (χ2n) is 5.02. The van der Waals surface area contributed by atoms with E-state index < -0.39 is 0 Å². The molecule has 0 saturated carbocycles. The van der Waals surface area contributed by atoms with Gasteiger partial charge in [-0.25, -0.2) is 4.39 Å². The Hall–Kier alpha value is -1.81. The molecule has 4 heteroatoms. The van der Waals surface area contributed by atoms with E-state index in [1.54, 1.807) is 11.2 Å². The van der Waals surface area contributed by atoms with Gasteiger partial charge >= 0.3 is 0 Å². The van der Waals surface area contributed by atoms with Crippen molar-refractivity contribution < 1.29 is 13.7 Å². The molecule has 1 N–H and O–H groups in total. The van der Waals surface area contributed by atoms with Crippen LogP contribution in [0.15, 0.2) is 47.3 Å². The summed E-state index contributed by atoms with van der Waals surface area (Å²) >= 11 is 0. The minimum Gasteiger partial charge on any atom is -0.472 e. The number of nitrogens with zero attached hydrogens (tertiary/aromatic N) is 1. The van der Waals surface area contributed by atoms with E-state index in [4.69, 9.17) is 4.42 Å². The summed E-state index contributed by atoms with van der Waals surface area (Å²) in [6.07, 6.45) is 3.54. The van der Waals surface area contributed by atoms with Gasteiger partial charge in [0.25, 0.3) is 0 Å². The average Bonchev–Trinajstić information content (AvgIpc) is 2.94. The van der Waals surface area contributed by atoms with E-state index in [0.717, 1.165) is 38.4 Å². The van der Waals surface area contributed by atoms with Gasteiger partial charge in [0.1, 0.15) is 12.4 Å². The van der Waals surface area contributed by atoms with E-state index in [-0.39, 0.29) is 5.82 Å². The van der Waals surface area contributed by atoms with E-state index in [1.165, 1.54) is 17.7 Å². The number of anilines is 1. The third-order valence-electron chi connectivity index (χ3n) is 3.70. The van der Waals surface area contributed by atoms with Crippen LogP contribution >= 0.6 is 0 Å². The van der Waals surface area contributed by atoms with E-state index in [9.17, 15) is 4.39 Å². The first-order valence-corrected chi connectivity index (χ1v) is 6.66. The lowest BCUT2D eigenvalue weighted by Crippen LogP contribution is -3.13. The van der Waals surface area contributed by atoms with Crippen LogP contribution in [0.4, 0.5) is 10.1 Å². The molecule has 1 aliphatic rings. The van der Waals surface area contributed by atoms with E-state index in [0.29, 0.717) is 0 Å². The quantitative estimate of drug-likeness (QED) is 0.899. The van der Waals surface area contributed by atoms with Gasteiger partial charge in [0.2, 0.25) is 0 Å². The van der Waals surface area contributed by atoms with Gasteiger partial charge in [-0.3, -0.25) is 0 Å². The second kappa shape index (κ2) is 5.45. The third-order valence-corrected chi connectivity index (χ3v) is 3.70. The summed E-state index contributed by atoms with van der Waals surface area (Å²) in [6, 6.07) is 8.80. The summed E-state index contributed by atoms with van der Waals surface area (Å²) in [4.78, 5) is 3.89.